The van der Waals surface area contributed by atoms with Gasteiger partial charge >= 0.3 is 17.9 Å². The number of hydrogen-bond acceptors (Lipinski definition) is 5. The van der Waals surface area contributed by atoms with Gasteiger partial charge in [0, 0.05) is 18.2 Å². The van der Waals surface area contributed by atoms with Gasteiger partial charge < -0.3 is 14.6 Å². The topological polar surface area (TPSA) is 89.9 Å². The third-order valence-corrected chi connectivity index (χ3v) is 3.04. The first-order chi connectivity index (χ1) is 12.0. The van der Waals surface area contributed by atoms with Crippen molar-refractivity contribution in [3.8, 4) is 0 Å². The summed E-state index contributed by atoms with van der Waals surface area (Å²) in [5, 5.41) is 7.60. The van der Waals surface area contributed by atoms with Gasteiger partial charge in [-0.15, -0.1) is 0 Å². The molecule has 0 atom stereocenters. The van der Waals surface area contributed by atoms with Gasteiger partial charge in [-0.25, -0.2) is 14.4 Å². The fourth-order valence-electron chi connectivity index (χ4n) is 1.73. The molecular weight excluding hydrogens is 324 g/mol. The van der Waals surface area contributed by atoms with E-state index in [4.69, 9.17) is 14.6 Å². The van der Waals surface area contributed by atoms with E-state index >= 15 is 0 Å². The van der Waals surface area contributed by atoms with E-state index in [1.807, 2.05) is 0 Å². The van der Waals surface area contributed by atoms with Crippen LogP contribution in [0.4, 0.5) is 0 Å². The highest BCUT2D eigenvalue weighted by Crippen LogP contribution is 2.08. The van der Waals surface area contributed by atoms with Crippen molar-refractivity contribution in [1.82, 2.24) is 0 Å². The lowest BCUT2D eigenvalue weighted by atomic mass is 10.1. The molecule has 0 bridgehead atoms. The van der Waals surface area contributed by atoms with Crippen molar-refractivity contribution >= 4 is 17.9 Å². The number of hydrogen-bond donors (Lipinski definition) is 1. The molecule has 0 saturated carbocycles. The summed E-state index contributed by atoms with van der Waals surface area (Å²) in [6.45, 7) is 10.6. The summed E-state index contributed by atoms with van der Waals surface area (Å²) in [5.41, 5.74) is 0. The highest BCUT2D eigenvalue weighted by atomic mass is 16.5. The van der Waals surface area contributed by atoms with Crippen molar-refractivity contribution < 1.29 is 29.0 Å². The predicted molar refractivity (Wildman–Crippen MR) is 97.1 cm³/mol. The molecule has 0 saturated heterocycles. The van der Waals surface area contributed by atoms with Crippen molar-refractivity contribution in [2.75, 3.05) is 13.2 Å². The summed E-state index contributed by atoms with van der Waals surface area (Å²) < 4.78 is 9.77. The molecule has 1 N–H and O–H groups in total. The van der Waals surface area contributed by atoms with Crippen LogP contribution in [0.5, 0.6) is 0 Å². The molecule has 0 heterocycles. The summed E-state index contributed by atoms with van der Waals surface area (Å²) >= 11 is 0. The molecule has 25 heavy (non-hydrogen) atoms. The molecule has 0 aliphatic rings. The SMILES string of the molecule is C=CC(=O)O.C=CC(=O)OCCCCCCCCCCOC(=O)C=C. The Labute approximate surface area is 150 Å². The Hall–Kier alpha value is -2.37. The largest absolute Gasteiger partial charge is 0.478 e. The molecule has 0 amide bonds. The van der Waals surface area contributed by atoms with Gasteiger partial charge in [0.2, 0.25) is 0 Å². The molecule has 0 aliphatic heterocycles. The second-order valence-electron chi connectivity index (χ2n) is 5.11. The number of esters is 2. The molecule has 0 aliphatic carbocycles. The van der Waals surface area contributed by atoms with E-state index in [1.54, 1.807) is 0 Å². The number of unbranched alkanes of at least 4 members (excludes halogenated alkanes) is 7. The average molecular weight is 354 g/mol. The lowest BCUT2D eigenvalue weighted by Gasteiger charge is -2.03. The van der Waals surface area contributed by atoms with Gasteiger partial charge in [0.05, 0.1) is 13.2 Å². The monoisotopic (exact) mass is 354 g/mol. The van der Waals surface area contributed by atoms with Crippen molar-refractivity contribution in [3.05, 3.63) is 38.0 Å². The minimum atomic E-state index is -0.981. The molecule has 0 aromatic rings. The van der Waals surface area contributed by atoms with Crippen molar-refractivity contribution in [2.24, 2.45) is 0 Å². The zero-order valence-electron chi connectivity index (χ0n) is 14.9. The standard InChI is InChI=1S/C16H26O4.C3H4O2/c1-3-15(17)19-13-11-9-7-5-6-8-10-12-14-20-16(18)4-2;1-2-3(4)5/h3-4H,1-2,5-14H2;2H,1H2,(H,4,5). The molecule has 142 valence electrons. The fourth-order valence-corrected chi connectivity index (χ4v) is 1.73. The number of aliphatic carboxylic acids is 1. The molecule has 0 unspecified atom stereocenters. The highest BCUT2D eigenvalue weighted by molar-refractivity contribution is 5.81. The van der Waals surface area contributed by atoms with Crippen LogP contribution in [0.3, 0.4) is 0 Å². The van der Waals surface area contributed by atoms with Crippen LogP contribution in [0.25, 0.3) is 0 Å². The maximum absolute atomic E-state index is 10.8. The summed E-state index contributed by atoms with van der Waals surface area (Å²) in [4.78, 5) is 30.8. The Bertz CT molecular complexity index is 384. The van der Waals surface area contributed by atoms with Gasteiger partial charge in [-0.05, 0) is 12.8 Å². The number of carboxylic acids is 1. The molecule has 6 nitrogen and oxygen atoms in total. The van der Waals surface area contributed by atoms with Gasteiger partial charge in [0.25, 0.3) is 0 Å². The lowest BCUT2D eigenvalue weighted by molar-refractivity contribution is -0.138. The smallest absolute Gasteiger partial charge is 0.330 e. The van der Waals surface area contributed by atoms with Crippen molar-refractivity contribution in [2.45, 2.75) is 51.4 Å². The van der Waals surface area contributed by atoms with E-state index < -0.39 is 5.97 Å². The Balaban J connectivity index is 0. The maximum Gasteiger partial charge on any atom is 0.330 e. The second kappa shape index (κ2) is 19.7. The summed E-state index contributed by atoms with van der Waals surface area (Å²) in [6, 6.07) is 0. The molecule has 0 radical (unpaired) electrons. The molecule has 0 spiro atoms. The molecular formula is C19H30O6. The third kappa shape index (κ3) is 24.0. The van der Waals surface area contributed by atoms with Crippen LogP contribution < -0.4 is 0 Å². The number of carbonyl (C=O) groups excluding carboxylic acids is 2. The number of carboxylic acid groups (broad SMARTS) is 1. The Morgan fingerprint density at radius 3 is 1.16 bits per heavy atom. The zero-order chi connectivity index (χ0) is 19.3. The maximum atomic E-state index is 10.8. The van der Waals surface area contributed by atoms with Crippen molar-refractivity contribution in [1.29, 1.82) is 0 Å². The molecule has 6 heteroatoms. The van der Waals surface area contributed by atoms with Gasteiger partial charge in [-0.2, -0.15) is 0 Å². The van der Waals surface area contributed by atoms with E-state index in [-0.39, 0.29) is 11.9 Å². The second-order valence-corrected chi connectivity index (χ2v) is 5.11. The zero-order valence-corrected chi connectivity index (χ0v) is 14.9. The van der Waals surface area contributed by atoms with Crippen LogP contribution >= 0.6 is 0 Å². The Morgan fingerprint density at radius 1 is 0.640 bits per heavy atom. The summed E-state index contributed by atoms with van der Waals surface area (Å²) in [5.74, 6) is -1.67. The van der Waals surface area contributed by atoms with Crippen LogP contribution in [0.1, 0.15) is 51.4 Å². The Morgan fingerprint density at radius 2 is 0.920 bits per heavy atom. The summed E-state index contributed by atoms with van der Waals surface area (Å²) in [6.07, 6.45) is 11.9. The van der Waals surface area contributed by atoms with Gasteiger partial charge in [-0.1, -0.05) is 58.3 Å². The van der Waals surface area contributed by atoms with Crippen LogP contribution in [-0.4, -0.2) is 36.2 Å². The highest BCUT2D eigenvalue weighted by Gasteiger charge is 1.97. The number of ether oxygens (including phenoxy) is 2. The van der Waals surface area contributed by atoms with E-state index in [1.165, 1.54) is 25.0 Å². The van der Waals surface area contributed by atoms with E-state index in [0.29, 0.717) is 13.2 Å². The predicted octanol–water partition coefficient (Wildman–Crippen LogP) is 3.82. The Kier molecular flexibility index (Phi) is 19.6. The summed E-state index contributed by atoms with van der Waals surface area (Å²) in [7, 11) is 0. The van der Waals surface area contributed by atoms with E-state index in [2.05, 4.69) is 19.7 Å². The first-order valence-electron chi connectivity index (χ1n) is 8.41. The first-order valence-corrected chi connectivity index (χ1v) is 8.41. The molecule has 0 aromatic heterocycles. The van der Waals surface area contributed by atoms with Crippen LogP contribution in [-0.2, 0) is 23.9 Å². The average Bonchev–Trinajstić information content (AvgIpc) is 2.62. The quantitative estimate of drug-likeness (QED) is 0.290. The van der Waals surface area contributed by atoms with Crippen LogP contribution in [0, 0.1) is 0 Å². The van der Waals surface area contributed by atoms with Crippen molar-refractivity contribution in [3.63, 3.8) is 0 Å². The molecule has 0 fully saturated rings. The number of rotatable bonds is 14. The third-order valence-electron chi connectivity index (χ3n) is 3.04. The van der Waals surface area contributed by atoms with Gasteiger partial charge in [-0.3, -0.25) is 0 Å². The lowest BCUT2D eigenvalue weighted by Crippen LogP contribution is -2.01. The molecule has 0 aromatic carbocycles. The van der Waals surface area contributed by atoms with Gasteiger partial charge in [0.15, 0.2) is 0 Å². The fraction of sp³-hybridized carbons (Fsp3) is 0.526. The first kappa shape index (κ1) is 24.9. The van der Waals surface area contributed by atoms with Gasteiger partial charge in [0.1, 0.15) is 0 Å². The minimum Gasteiger partial charge on any atom is -0.478 e. The van der Waals surface area contributed by atoms with Crippen LogP contribution in [0.2, 0.25) is 0 Å². The molecule has 0 rings (SSSR count). The van der Waals surface area contributed by atoms with E-state index in [9.17, 15) is 14.4 Å². The van der Waals surface area contributed by atoms with E-state index in [0.717, 1.165) is 44.6 Å². The van der Waals surface area contributed by atoms with Crippen LogP contribution in [0.15, 0.2) is 38.0 Å². The normalized spacial score (nSPS) is 9.12. The number of carbonyl (C=O) groups is 3. The minimum absolute atomic E-state index is 0.345.